The van der Waals surface area contributed by atoms with Gasteiger partial charge in [-0.15, -0.1) is 0 Å². The van der Waals surface area contributed by atoms with Gasteiger partial charge in [0.2, 0.25) is 0 Å². The van der Waals surface area contributed by atoms with E-state index in [1.807, 2.05) is 57.2 Å². The number of rotatable bonds is 6. The lowest BCUT2D eigenvalue weighted by atomic mass is 10.0. The Labute approximate surface area is 172 Å². The van der Waals surface area contributed by atoms with Crippen LogP contribution in [-0.2, 0) is 11.2 Å². The normalized spacial score (nSPS) is 14.6. The summed E-state index contributed by atoms with van der Waals surface area (Å²) >= 11 is 0. The lowest BCUT2D eigenvalue weighted by Gasteiger charge is -2.29. The minimum atomic E-state index is -0.270. The van der Waals surface area contributed by atoms with E-state index in [0.29, 0.717) is 13.2 Å². The molecular weight excluding hydrogens is 362 g/mol. The van der Waals surface area contributed by atoms with E-state index >= 15 is 0 Å². The largest absolute Gasteiger partial charge is 0.494 e. The third-order valence-electron chi connectivity index (χ3n) is 5.12. The molecular formula is C24H27N3O2. The standard InChI is InChI=1S/C24H27N3O2/c1-4-29-23-12-11-17(2)14-21(23)18(3)26-16-20(15-25)24(28)27-13-7-9-19-8-5-6-10-22(19)27/h5-6,8,10-12,14,16,18,26H,4,7,9,13H2,1-3H3/b20-16-. The average molecular weight is 389 g/mol. The molecule has 1 unspecified atom stereocenters. The van der Waals surface area contributed by atoms with Crippen LogP contribution in [0.2, 0.25) is 0 Å². The zero-order valence-electron chi connectivity index (χ0n) is 17.2. The van der Waals surface area contributed by atoms with Crippen LogP contribution in [0.4, 0.5) is 5.69 Å². The summed E-state index contributed by atoms with van der Waals surface area (Å²) in [5, 5.41) is 12.8. The molecule has 0 spiro atoms. The molecule has 1 aliphatic heterocycles. The van der Waals surface area contributed by atoms with Crippen molar-refractivity contribution in [2.75, 3.05) is 18.1 Å². The minimum absolute atomic E-state index is 0.0965. The van der Waals surface area contributed by atoms with Crippen molar-refractivity contribution in [1.82, 2.24) is 5.32 Å². The van der Waals surface area contributed by atoms with Crippen molar-refractivity contribution >= 4 is 11.6 Å². The molecule has 1 aliphatic rings. The Morgan fingerprint density at radius 2 is 2.14 bits per heavy atom. The second-order valence-electron chi connectivity index (χ2n) is 7.22. The molecule has 2 aromatic rings. The van der Waals surface area contributed by atoms with Gasteiger partial charge in [-0.3, -0.25) is 4.79 Å². The first-order valence-electron chi connectivity index (χ1n) is 10.0. The highest BCUT2D eigenvalue weighted by Crippen LogP contribution is 2.29. The highest BCUT2D eigenvalue weighted by atomic mass is 16.5. The van der Waals surface area contributed by atoms with Crippen LogP contribution < -0.4 is 15.0 Å². The van der Waals surface area contributed by atoms with Gasteiger partial charge in [0.15, 0.2) is 0 Å². The van der Waals surface area contributed by atoms with E-state index in [4.69, 9.17) is 4.74 Å². The predicted molar refractivity (Wildman–Crippen MR) is 115 cm³/mol. The maximum atomic E-state index is 13.0. The zero-order valence-corrected chi connectivity index (χ0v) is 17.2. The molecule has 29 heavy (non-hydrogen) atoms. The number of nitrogens with zero attached hydrogens (tertiary/aromatic N) is 2. The Balaban J connectivity index is 1.80. The summed E-state index contributed by atoms with van der Waals surface area (Å²) in [5.41, 5.74) is 4.26. The number of carbonyl (C=O) groups is 1. The number of benzene rings is 2. The maximum absolute atomic E-state index is 13.0. The molecule has 5 nitrogen and oxygen atoms in total. The molecule has 1 N–H and O–H groups in total. The number of amides is 1. The summed E-state index contributed by atoms with van der Waals surface area (Å²) in [6.07, 6.45) is 3.38. The third kappa shape index (κ3) is 4.60. The molecule has 3 rings (SSSR count). The molecule has 5 heteroatoms. The lowest BCUT2D eigenvalue weighted by molar-refractivity contribution is -0.114. The van der Waals surface area contributed by atoms with Crippen molar-refractivity contribution in [3.63, 3.8) is 0 Å². The highest BCUT2D eigenvalue weighted by molar-refractivity contribution is 6.08. The van der Waals surface area contributed by atoms with Gasteiger partial charge in [-0.25, -0.2) is 0 Å². The summed E-state index contributed by atoms with van der Waals surface area (Å²) in [7, 11) is 0. The molecule has 1 amide bonds. The van der Waals surface area contributed by atoms with E-state index in [-0.39, 0.29) is 17.5 Å². The van der Waals surface area contributed by atoms with Gasteiger partial charge >= 0.3 is 0 Å². The van der Waals surface area contributed by atoms with Gasteiger partial charge in [-0.1, -0.05) is 35.9 Å². The van der Waals surface area contributed by atoms with Crippen molar-refractivity contribution in [1.29, 1.82) is 5.26 Å². The maximum Gasteiger partial charge on any atom is 0.270 e. The summed E-state index contributed by atoms with van der Waals surface area (Å²) in [5.74, 6) is 0.537. The van der Waals surface area contributed by atoms with Crippen LogP contribution in [0.25, 0.3) is 0 Å². The summed E-state index contributed by atoms with van der Waals surface area (Å²) in [6.45, 7) is 7.17. The van der Waals surface area contributed by atoms with Crippen LogP contribution in [0.5, 0.6) is 5.75 Å². The summed E-state index contributed by atoms with van der Waals surface area (Å²) < 4.78 is 5.73. The van der Waals surface area contributed by atoms with Crippen LogP contribution >= 0.6 is 0 Å². The fourth-order valence-electron chi connectivity index (χ4n) is 3.62. The monoisotopic (exact) mass is 389 g/mol. The summed E-state index contributed by atoms with van der Waals surface area (Å²) in [6, 6.07) is 15.9. The van der Waals surface area contributed by atoms with E-state index in [1.165, 1.54) is 6.20 Å². The van der Waals surface area contributed by atoms with Crippen LogP contribution in [-0.4, -0.2) is 19.1 Å². The second-order valence-corrected chi connectivity index (χ2v) is 7.22. The quantitative estimate of drug-likeness (QED) is 0.586. The Hall–Kier alpha value is -3.26. The molecule has 0 aromatic heterocycles. The number of hydrogen-bond acceptors (Lipinski definition) is 4. The first-order valence-corrected chi connectivity index (χ1v) is 10.0. The smallest absolute Gasteiger partial charge is 0.270 e. The van der Waals surface area contributed by atoms with Crippen molar-refractivity contribution in [2.24, 2.45) is 0 Å². The zero-order chi connectivity index (χ0) is 20.8. The molecule has 1 atom stereocenters. The molecule has 0 fully saturated rings. The Morgan fingerprint density at radius 3 is 2.90 bits per heavy atom. The number of hydrogen-bond donors (Lipinski definition) is 1. The van der Waals surface area contributed by atoms with Gasteiger partial charge in [0.25, 0.3) is 5.91 Å². The fourth-order valence-corrected chi connectivity index (χ4v) is 3.62. The van der Waals surface area contributed by atoms with E-state index < -0.39 is 0 Å². The predicted octanol–water partition coefficient (Wildman–Crippen LogP) is 4.43. The molecule has 0 bridgehead atoms. The van der Waals surface area contributed by atoms with Gasteiger partial charge in [-0.2, -0.15) is 5.26 Å². The number of anilines is 1. The van der Waals surface area contributed by atoms with E-state index in [1.54, 1.807) is 4.90 Å². The van der Waals surface area contributed by atoms with Gasteiger partial charge in [0.05, 0.1) is 12.6 Å². The van der Waals surface area contributed by atoms with Crippen molar-refractivity contribution < 1.29 is 9.53 Å². The number of nitriles is 1. The number of ether oxygens (including phenoxy) is 1. The fraction of sp³-hybridized carbons (Fsp3) is 0.333. The number of fused-ring (bicyclic) bond motifs is 1. The number of para-hydroxylation sites is 1. The minimum Gasteiger partial charge on any atom is -0.494 e. The molecule has 0 aliphatic carbocycles. The van der Waals surface area contributed by atoms with E-state index in [9.17, 15) is 10.1 Å². The van der Waals surface area contributed by atoms with Crippen molar-refractivity contribution in [3.8, 4) is 11.8 Å². The lowest BCUT2D eigenvalue weighted by Crippen LogP contribution is -2.36. The molecule has 0 saturated carbocycles. The Morgan fingerprint density at radius 1 is 1.34 bits per heavy atom. The van der Waals surface area contributed by atoms with Crippen LogP contribution in [0.3, 0.4) is 0 Å². The van der Waals surface area contributed by atoms with E-state index in [0.717, 1.165) is 41.0 Å². The second kappa shape index (κ2) is 9.29. The summed E-state index contributed by atoms with van der Waals surface area (Å²) in [4.78, 5) is 14.7. The van der Waals surface area contributed by atoms with Gasteiger partial charge in [0.1, 0.15) is 17.4 Å². The van der Waals surface area contributed by atoms with Crippen molar-refractivity contribution in [3.05, 3.63) is 70.9 Å². The van der Waals surface area contributed by atoms with Crippen LogP contribution in [0.15, 0.2) is 54.2 Å². The number of aryl methyl sites for hydroxylation is 2. The van der Waals surface area contributed by atoms with Gasteiger partial charge < -0.3 is 15.0 Å². The molecule has 0 saturated heterocycles. The third-order valence-corrected chi connectivity index (χ3v) is 5.12. The Kier molecular flexibility index (Phi) is 6.56. The first kappa shape index (κ1) is 20.5. The van der Waals surface area contributed by atoms with Gasteiger partial charge in [0, 0.05) is 24.0 Å². The SMILES string of the molecule is CCOc1ccc(C)cc1C(C)N/C=C(/C#N)C(=O)N1CCCc2ccccc21. The molecule has 1 heterocycles. The van der Waals surface area contributed by atoms with Gasteiger partial charge in [-0.05, 0) is 51.3 Å². The van der Waals surface area contributed by atoms with Crippen LogP contribution in [0.1, 0.15) is 43.0 Å². The average Bonchev–Trinajstić information content (AvgIpc) is 2.74. The van der Waals surface area contributed by atoms with Crippen LogP contribution in [0, 0.1) is 18.3 Å². The number of nitrogens with one attached hydrogen (secondary N) is 1. The first-order chi connectivity index (χ1) is 14.0. The number of carbonyl (C=O) groups excluding carboxylic acids is 1. The highest BCUT2D eigenvalue weighted by Gasteiger charge is 2.25. The van der Waals surface area contributed by atoms with Crippen molar-refractivity contribution in [2.45, 2.75) is 39.7 Å². The molecule has 0 radical (unpaired) electrons. The topological polar surface area (TPSA) is 65.4 Å². The molecule has 2 aromatic carbocycles. The molecule has 150 valence electrons. The Bertz CT molecular complexity index is 959. The van der Waals surface area contributed by atoms with E-state index in [2.05, 4.69) is 17.5 Å².